The number of hydrogen-bond acceptors (Lipinski definition) is 1. The number of halogens is 3. The minimum Gasteiger partial charge on any atom is -0.100 e. The van der Waals surface area contributed by atoms with Crippen LogP contribution in [0, 0.1) is 0 Å². The summed E-state index contributed by atoms with van der Waals surface area (Å²) in [6, 6.07) is 5.36. The molecule has 1 nitrogen and oxygen atoms in total. The molecule has 1 aromatic rings. The van der Waals surface area contributed by atoms with E-state index in [9.17, 15) is 4.48 Å². The second kappa shape index (κ2) is 5.20. The smallest absolute Gasteiger partial charge is 0.0595 e. The lowest BCUT2D eigenvalue weighted by Crippen LogP contribution is -1.85. The first-order valence-electron chi connectivity index (χ1n) is 3.81. The van der Waals surface area contributed by atoms with Gasteiger partial charge >= 0.3 is 0 Å². The van der Waals surface area contributed by atoms with Crippen molar-refractivity contribution in [3.05, 3.63) is 33.8 Å². The molecule has 4 heteroatoms. The quantitative estimate of drug-likeness (QED) is 0.685. The van der Waals surface area contributed by atoms with Crippen molar-refractivity contribution in [1.29, 1.82) is 0 Å². The molecular formula is C9H8Cl2FN. The van der Waals surface area contributed by atoms with Crippen molar-refractivity contribution in [3.8, 4) is 0 Å². The molecule has 1 rings (SSSR count). The SMILES string of the molecule is FN=CCCc1ccc(Cl)c(Cl)c1. The number of hydrogen-bond donors (Lipinski definition) is 0. The van der Waals surface area contributed by atoms with Gasteiger partial charge in [0.05, 0.1) is 10.0 Å². The number of aryl methyl sites for hydroxylation is 1. The molecule has 0 fully saturated rings. The Kier molecular flexibility index (Phi) is 4.19. The second-order valence-corrected chi connectivity index (χ2v) is 3.38. The van der Waals surface area contributed by atoms with Crippen LogP contribution in [0.3, 0.4) is 0 Å². The minimum atomic E-state index is 0.524. The van der Waals surface area contributed by atoms with Crippen LogP contribution in [0.2, 0.25) is 10.0 Å². The Morgan fingerprint density at radius 2 is 2.08 bits per heavy atom. The highest BCUT2D eigenvalue weighted by Crippen LogP contribution is 2.22. The zero-order valence-electron chi connectivity index (χ0n) is 6.80. The van der Waals surface area contributed by atoms with E-state index in [1.54, 1.807) is 12.1 Å². The maximum absolute atomic E-state index is 11.4. The lowest BCUT2D eigenvalue weighted by atomic mass is 10.1. The van der Waals surface area contributed by atoms with Gasteiger partial charge in [-0.1, -0.05) is 33.7 Å². The summed E-state index contributed by atoms with van der Waals surface area (Å²) in [5, 5.41) is 3.46. The van der Waals surface area contributed by atoms with Crippen LogP contribution < -0.4 is 0 Å². The Balaban J connectivity index is 2.63. The van der Waals surface area contributed by atoms with Gasteiger partial charge in [-0.2, -0.15) is 0 Å². The first-order chi connectivity index (χ1) is 6.24. The summed E-state index contributed by atoms with van der Waals surface area (Å²) >= 11 is 11.5. The zero-order chi connectivity index (χ0) is 9.68. The summed E-state index contributed by atoms with van der Waals surface area (Å²) in [5.74, 6) is 0. The highest BCUT2D eigenvalue weighted by atomic mass is 35.5. The van der Waals surface area contributed by atoms with Crippen molar-refractivity contribution in [2.24, 2.45) is 5.21 Å². The van der Waals surface area contributed by atoms with Crippen molar-refractivity contribution in [3.63, 3.8) is 0 Å². The molecule has 1 aromatic carbocycles. The van der Waals surface area contributed by atoms with Crippen LogP contribution in [0.4, 0.5) is 4.48 Å². The predicted molar refractivity (Wildman–Crippen MR) is 54.4 cm³/mol. The molecule has 0 heterocycles. The average Bonchev–Trinajstić information content (AvgIpc) is 2.12. The molecule has 0 saturated heterocycles. The largest absolute Gasteiger partial charge is 0.100 e. The van der Waals surface area contributed by atoms with Gasteiger partial charge in [-0.15, -0.1) is 5.21 Å². The monoisotopic (exact) mass is 219 g/mol. The highest BCUT2D eigenvalue weighted by Gasteiger charge is 1.98. The molecule has 70 valence electrons. The van der Waals surface area contributed by atoms with E-state index >= 15 is 0 Å². The van der Waals surface area contributed by atoms with E-state index in [1.165, 1.54) is 6.21 Å². The predicted octanol–water partition coefficient (Wildman–Crippen LogP) is 3.88. The van der Waals surface area contributed by atoms with Gasteiger partial charge in [-0.05, 0) is 30.5 Å². The Hall–Kier alpha value is -0.600. The lowest BCUT2D eigenvalue weighted by molar-refractivity contribution is 0.538. The van der Waals surface area contributed by atoms with Crippen LogP contribution in [-0.4, -0.2) is 6.21 Å². The van der Waals surface area contributed by atoms with Crippen molar-refractivity contribution in [2.45, 2.75) is 12.8 Å². The van der Waals surface area contributed by atoms with E-state index in [0.29, 0.717) is 22.9 Å². The fraction of sp³-hybridized carbons (Fsp3) is 0.222. The van der Waals surface area contributed by atoms with Crippen molar-refractivity contribution in [2.75, 3.05) is 0 Å². The van der Waals surface area contributed by atoms with Crippen LogP contribution in [0.1, 0.15) is 12.0 Å². The second-order valence-electron chi connectivity index (χ2n) is 2.57. The fourth-order valence-electron chi connectivity index (χ4n) is 0.975. The lowest BCUT2D eigenvalue weighted by Gasteiger charge is -1.99. The summed E-state index contributed by atoms with van der Waals surface area (Å²) in [5.41, 5.74) is 1.02. The van der Waals surface area contributed by atoms with Crippen LogP contribution in [-0.2, 0) is 6.42 Å². The van der Waals surface area contributed by atoms with Gasteiger partial charge in [-0.3, -0.25) is 0 Å². The maximum atomic E-state index is 11.4. The van der Waals surface area contributed by atoms with E-state index in [0.717, 1.165) is 5.56 Å². The first kappa shape index (κ1) is 10.5. The minimum absolute atomic E-state index is 0.524. The van der Waals surface area contributed by atoms with Gasteiger partial charge in [0, 0.05) is 6.21 Å². The molecule has 0 aliphatic carbocycles. The van der Waals surface area contributed by atoms with Crippen LogP contribution >= 0.6 is 23.2 Å². The Labute approximate surface area is 86.1 Å². The number of rotatable bonds is 3. The third-order valence-electron chi connectivity index (χ3n) is 1.62. The summed E-state index contributed by atoms with van der Waals surface area (Å²) in [4.78, 5) is 0. The molecule has 0 N–H and O–H groups in total. The van der Waals surface area contributed by atoms with Gasteiger partial charge in [0.25, 0.3) is 0 Å². The molecule has 0 aliphatic heterocycles. The number of nitrogens with zero attached hydrogens (tertiary/aromatic N) is 1. The third kappa shape index (κ3) is 3.33. The normalized spacial score (nSPS) is 11.0. The summed E-state index contributed by atoms with van der Waals surface area (Å²) in [6.45, 7) is 0. The fourth-order valence-corrected chi connectivity index (χ4v) is 1.30. The molecule has 0 unspecified atom stereocenters. The van der Waals surface area contributed by atoms with E-state index < -0.39 is 0 Å². The topological polar surface area (TPSA) is 12.4 Å². The first-order valence-corrected chi connectivity index (χ1v) is 4.56. The molecule has 0 aromatic heterocycles. The van der Waals surface area contributed by atoms with Crippen LogP contribution in [0.25, 0.3) is 0 Å². The molecular weight excluding hydrogens is 212 g/mol. The Bertz CT molecular complexity index is 312. The van der Waals surface area contributed by atoms with Crippen molar-refractivity contribution in [1.82, 2.24) is 0 Å². The van der Waals surface area contributed by atoms with Crippen molar-refractivity contribution < 1.29 is 4.48 Å². The van der Waals surface area contributed by atoms with Gasteiger partial charge in [-0.25, -0.2) is 0 Å². The van der Waals surface area contributed by atoms with E-state index in [1.807, 2.05) is 6.07 Å². The van der Waals surface area contributed by atoms with Crippen molar-refractivity contribution >= 4 is 29.4 Å². The molecule has 0 bridgehead atoms. The molecule has 0 atom stereocenters. The molecule has 0 spiro atoms. The maximum Gasteiger partial charge on any atom is 0.0595 e. The van der Waals surface area contributed by atoms with Gasteiger partial charge < -0.3 is 0 Å². The molecule has 0 amide bonds. The van der Waals surface area contributed by atoms with Gasteiger partial charge in [0.2, 0.25) is 0 Å². The van der Waals surface area contributed by atoms with E-state index in [-0.39, 0.29) is 0 Å². The number of benzene rings is 1. The summed E-state index contributed by atoms with van der Waals surface area (Å²) in [7, 11) is 0. The summed E-state index contributed by atoms with van der Waals surface area (Å²) in [6.07, 6.45) is 2.50. The Morgan fingerprint density at radius 1 is 1.31 bits per heavy atom. The standard InChI is InChI=1S/C9H8Cl2FN/c10-8-4-3-7(6-9(8)11)2-1-5-13-12/h3-6H,1-2H2. The molecule has 13 heavy (non-hydrogen) atoms. The average molecular weight is 220 g/mol. The van der Waals surface area contributed by atoms with Gasteiger partial charge in [0.15, 0.2) is 0 Å². The van der Waals surface area contributed by atoms with E-state index in [2.05, 4.69) is 5.21 Å². The zero-order valence-corrected chi connectivity index (χ0v) is 8.32. The Morgan fingerprint density at radius 3 is 2.69 bits per heavy atom. The van der Waals surface area contributed by atoms with Gasteiger partial charge in [0.1, 0.15) is 0 Å². The van der Waals surface area contributed by atoms with E-state index in [4.69, 9.17) is 23.2 Å². The third-order valence-corrected chi connectivity index (χ3v) is 2.35. The molecule has 0 aliphatic rings. The molecule has 0 saturated carbocycles. The highest BCUT2D eigenvalue weighted by molar-refractivity contribution is 6.42. The van der Waals surface area contributed by atoms with Crippen LogP contribution in [0.5, 0.6) is 0 Å². The molecule has 0 radical (unpaired) electrons. The summed E-state index contributed by atoms with van der Waals surface area (Å²) < 4.78 is 11.4. The van der Waals surface area contributed by atoms with Crippen LogP contribution in [0.15, 0.2) is 23.4 Å².